The maximum absolute atomic E-state index is 12.3. The number of carbonyl (C=O) groups excluding carboxylic acids is 1. The number of carbonyl (C=O) groups is 1. The van der Waals surface area contributed by atoms with Gasteiger partial charge in [-0.25, -0.2) is 9.50 Å². The highest BCUT2D eigenvalue weighted by Gasteiger charge is 2.16. The molecule has 6 heteroatoms. The number of hydrogen-bond acceptors (Lipinski definition) is 4. The lowest BCUT2D eigenvalue weighted by Gasteiger charge is -2.15. The summed E-state index contributed by atoms with van der Waals surface area (Å²) in [6.07, 6.45) is 4.44. The van der Waals surface area contributed by atoms with E-state index in [2.05, 4.69) is 58.5 Å². The van der Waals surface area contributed by atoms with Crippen LogP contribution in [-0.2, 0) is 0 Å². The van der Waals surface area contributed by atoms with Gasteiger partial charge in [-0.05, 0) is 36.5 Å². The summed E-state index contributed by atoms with van der Waals surface area (Å²) >= 11 is 0. The SMILES string of the molecule is CC[C@@H](C)c1ccc([C@@H](C)NC(=O)c2nc3ncccn3n2)cc1. The molecule has 24 heavy (non-hydrogen) atoms. The van der Waals surface area contributed by atoms with Gasteiger partial charge >= 0.3 is 0 Å². The van der Waals surface area contributed by atoms with Crippen LogP contribution in [-0.4, -0.2) is 25.5 Å². The van der Waals surface area contributed by atoms with Crippen LogP contribution in [0.4, 0.5) is 0 Å². The van der Waals surface area contributed by atoms with Crippen molar-refractivity contribution in [2.45, 2.75) is 39.2 Å². The molecule has 0 aliphatic heterocycles. The third kappa shape index (κ3) is 3.27. The van der Waals surface area contributed by atoms with E-state index in [-0.39, 0.29) is 17.8 Å². The van der Waals surface area contributed by atoms with E-state index in [1.807, 2.05) is 6.92 Å². The average molecular weight is 323 g/mol. The van der Waals surface area contributed by atoms with E-state index in [1.54, 1.807) is 18.5 Å². The first kappa shape index (κ1) is 16.1. The predicted octanol–water partition coefficient (Wildman–Crippen LogP) is 3.13. The monoisotopic (exact) mass is 323 g/mol. The molecule has 0 aliphatic carbocycles. The van der Waals surface area contributed by atoms with Gasteiger partial charge in [-0.2, -0.15) is 4.98 Å². The molecule has 3 aromatic rings. The maximum atomic E-state index is 12.3. The van der Waals surface area contributed by atoms with Gasteiger partial charge in [0.25, 0.3) is 11.7 Å². The highest BCUT2D eigenvalue weighted by Crippen LogP contribution is 2.21. The van der Waals surface area contributed by atoms with Gasteiger partial charge in [-0.3, -0.25) is 4.79 Å². The minimum atomic E-state index is -0.306. The molecule has 1 aromatic carbocycles. The first-order valence-corrected chi connectivity index (χ1v) is 8.16. The fraction of sp³-hybridized carbons (Fsp3) is 0.333. The second-order valence-electron chi connectivity index (χ2n) is 5.97. The van der Waals surface area contributed by atoms with E-state index >= 15 is 0 Å². The molecular weight excluding hydrogens is 302 g/mol. The molecule has 2 heterocycles. The fourth-order valence-corrected chi connectivity index (χ4v) is 2.52. The van der Waals surface area contributed by atoms with Crippen LogP contribution in [0, 0.1) is 0 Å². The average Bonchev–Trinajstić information content (AvgIpc) is 3.05. The number of rotatable bonds is 5. The van der Waals surface area contributed by atoms with E-state index in [1.165, 1.54) is 10.1 Å². The van der Waals surface area contributed by atoms with Crippen molar-refractivity contribution in [3.63, 3.8) is 0 Å². The summed E-state index contributed by atoms with van der Waals surface area (Å²) in [5, 5.41) is 7.07. The van der Waals surface area contributed by atoms with E-state index < -0.39 is 0 Å². The summed E-state index contributed by atoms with van der Waals surface area (Å²) in [6, 6.07) is 9.99. The summed E-state index contributed by atoms with van der Waals surface area (Å²) in [5.74, 6) is 0.766. The Balaban J connectivity index is 1.71. The van der Waals surface area contributed by atoms with Gasteiger partial charge in [0.1, 0.15) is 0 Å². The van der Waals surface area contributed by atoms with Crippen molar-refractivity contribution in [3.05, 3.63) is 59.7 Å². The Morgan fingerprint density at radius 1 is 1.21 bits per heavy atom. The molecule has 3 rings (SSSR count). The number of amides is 1. The van der Waals surface area contributed by atoms with Gasteiger partial charge in [-0.15, -0.1) is 5.10 Å². The quantitative estimate of drug-likeness (QED) is 0.783. The molecule has 6 nitrogen and oxygen atoms in total. The molecular formula is C18H21N5O. The minimum Gasteiger partial charge on any atom is -0.343 e. The molecule has 0 fully saturated rings. The Morgan fingerprint density at radius 2 is 1.92 bits per heavy atom. The lowest BCUT2D eigenvalue weighted by molar-refractivity contribution is 0.0929. The van der Waals surface area contributed by atoms with Crippen LogP contribution in [0.3, 0.4) is 0 Å². The van der Waals surface area contributed by atoms with Crippen LogP contribution >= 0.6 is 0 Å². The molecule has 0 saturated carbocycles. The summed E-state index contributed by atoms with van der Waals surface area (Å²) in [4.78, 5) is 20.5. The molecule has 1 N–H and O–H groups in total. The van der Waals surface area contributed by atoms with Gasteiger partial charge in [0, 0.05) is 12.4 Å². The molecule has 0 unspecified atom stereocenters. The zero-order valence-electron chi connectivity index (χ0n) is 14.1. The van der Waals surface area contributed by atoms with Crippen LogP contribution in [0.1, 0.15) is 60.9 Å². The normalized spacial score (nSPS) is 13.6. The standard InChI is InChI=1S/C18H21N5O/c1-4-12(2)14-6-8-15(9-7-14)13(3)20-17(24)16-21-18-19-10-5-11-23(18)22-16/h5-13H,4H2,1-3H3,(H,20,24)/t12-,13-/m1/s1. The van der Waals surface area contributed by atoms with E-state index in [9.17, 15) is 4.79 Å². The molecule has 0 aliphatic rings. The highest BCUT2D eigenvalue weighted by atomic mass is 16.2. The van der Waals surface area contributed by atoms with E-state index in [0.29, 0.717) is 11.7 Å². The lowest BCUT2D eigenvalue weighted by Crippen LogP contribution is -2.27. The van der Waals surface area contributed by atoms with Gasteiger partial charge < -0.3 is 5.32 Å². The van der Waals surface area contributed by atoms with E-state index in [0.717, 1.165) is 12.0 Å². The number of aromatic nitrogens is 4. The fourth-order valence-electron chi connectivity index (χ4n) is 2.52. The van der Waals surface area contributed by atoms with Crippen molar-refractivity contribution in [2.24, 2.45) is 0 Å². The Hall–Kier alpha value is -2.76. The van der Waals surface area contributed by atoms with Gasteiger partial charge in [-0.1, -0.05) is 38.1 Å². The van der Waals surface area contributed by atoms with Crippen LogP contribution in [0.2, 0.25) is 0 Å². The molecule has 0 radical (unpaired) electrons. The van der Waals surface area contributed by atoms with Gasteiger partial charge in [0.05, 0.1) is 6.04 Å². The molecule has 2 aromatic heterocycles. The number of fused-ring (bicyclic) bond motifs is 1. The Kier molecular flexibility index (Phi) is 4.55. The van der Waals surface area contributed by atoms with Crippen LogP contribution in [0.25, 0.3) is 5.78 Å². The smallest absolute Gasteiger partial charge is 0.291 e. The lowest BCUT2D eigenvalue weighted by atomic mass is 9.96. The highest BCUT2D eigenvalue weighted by molar-refractivity contribution is 5.91. The maximum Gasteiger partial charge on any atom is 0.291 e. The first-order valence-electron chi connectivity index (χ1n) is 8.16. The summed E-state index contributed by atoms with van der Waals surface area (Å²) in [6.45, 7) is 6.34. The molecule has 124 valence electrons. The zero-order chi connectivity index (χ0) is 17.1. The summed E-state index contributed by atoms with van der Waals surface area (Å²) in [7, 11) is 0. The number of nitrogens with one attached hydrogen (secondary N) is 1. The molecule has 2 atom stereocenters. The molecule has 0 spiro atoms. The molecule has 0 bridgehead atoms. The van der Waals surface area contributed by atoms with E-state index in [4.69, 9.17) is 0 Å². The van der Waals surface area contributed by atoms with Crippen LogP contribution in [0.15, 0.2) is 42.7 Å². The molecule has 1 amide bonds. The Morgan fingerprint density at radius 3 is 2.58 bits per heavy atom. The van der Waals surface area contributed by atoms with Gasteiger partial charge in [0.15, 0.2) is 0 Å². The summed E-state index contributed by atoms with van der Waals surface area (Å²) in [5.41, 5.74) is 2.37. The van der Waals surface area contributed by atoms with Crippen molar-refractivity contribution in [2.75, 3.05) is 0 Å². The Labute approximate surface area is 141 Å². The number of nitrogens with zero attached hydrogens (tertiary/aromatic N) is 4. The third-order valence-electron chi connectivity index (χ3n) is 4.29. The van der Waals surface area contributed by atoms with Crippen molar-refractivity contribution in [3.8, 4) is 0 Å². The Bertz CT molecular complexity index is 807. The van der Waals surface area contributed by atoms with Crippen molar-refractivity contribution in [1.82, 2.24) is 24.9 Å². The number of hydrogen-bond donors (Lipinski definition) is 1. The number of benzene rings is 1. The summed E-state index contributed by atoms with van der Waals surface area (Å²) < 4.78 is 1.49. The zero-order valence-corrected chi connectivity index (χ0v) is 14.1. The van der Waals surface area contributed by atoms with Crippen molar-refractivity contribution < 1.29 is 4.79 Å². The second kappa shape index (κ2) is 6.78. The minimum absolute atomic E-state index is 0.122. The molecule has 0 saturated heterocycles. The van der Waals surface area contributed by atoms with Crippen LogP contribution in [0.5, 0.6) is 0 Å². The topological polar surface area (TPSA) is 72.2 Å². The second-order valence-corrected chi connectivity index (χ2v) is 5.97. The van der Waals surface area contributed by atoms with Gasteiger partial charge in [0.2, 0.25) is 5.82 Å². The van der Waals surface area contributed by atoms with Crippen molar-refractivity contribution in [1.29, 1.82) is 0 Å². The van der Waals surface area contributed by atoms with Crippen molar-refractivity contribution >= 4 is 11.7 Å². The third-order valence-corrected chi connectivity index (χ3v) is 4.29. The largest absolute Gasteiger partial charge is 0.343 e. The first-order chi connectivity index (χ1) is 11.6. The van der Waals surface area contributed by atoms with Crippen LogP contribution < -0.4 is 5.32 Å². The predicted molar refractivity (Wildman–Crippen MR) is 91.8 cm³/mol.